The molecule has 2 atom stereocenters. The first-order chi connectivity index (χ1) is 7.06. The Balaban J connectivity index is 2.23. The number of hydrogen-bond donors (Lipinski definition) is 3. The van der Waals surface area contributed by atoms with Crippen LogP contribution in [-0.2, 0) is 0 Å². The van der Waals surface area contributed by atoms with Crippen LogP contribution in [-0.4, -0.2) is 50.5 Å². The van der Waals surface area contributed by atoms with Crippen molar-refractivity contribution in [3.8, 4) is 0 Å². The van der Waals surface area contributed by atoms with E-state index < -0.39 is 12.2 Å². The molecule has 0 aliphatic carbocycles. The van der Waals surface area contributed by atoms with Crippen molar-refractivity contribution in [1.82, 2.24) is 15.0 Å². The van der Waals surface area contributed by atoms with Crippen molar-refractivity contribution in [3.05, 3.63) is 5.28 Å². The van der Waals surface area contributed by atoms with E-state index in [9.17, 15) is 10.2 Å². The van der Waals surface area contributed by atoms with Crippen molar-refractivity contribution in [2.75, 3.05) is 23.7 Å². The maximum absolute atomic E-state index is 9.34. The second-order valence-corrected chi connectivity index (χ2v) is 3.64. The van der Waals surface area contributed by atoms with Gasteiger partial charge >= 0.3 is 0 Å². The van der Waals surface area contributed by atoms with Crippen LogP contribution in [0.4, 0.5) is 11.9 Å². The van der Waals surface area contributed by atoms with Gasteiger partial charge in [0.1, 0.15) is 0 Å². The molecule has 1 fully saturated rings. The molecule has 0 aromatic carbocycles. The van der Waals surface area contributed by atoms with E-state index in [1.54, 1.807) is 4.90 Å². The van der Waals surface area contributed by atoms with E-state index >= 15 is 0 Å². The predicted octanol–water partition coefficient (Wildman–Crippen LogP) is -1.35. The SMILES string of the molecule is Nc1nc(Cl)nc(N2CC(O)C(O)C2)n1. The molecular weight excluding hydrogens is 222 g/mol. The minimum absolute atomic E-state index is 0.00613. The zero-order chi connectivity index (χ0) is 11.0. The molecule has 0 saturated carbocycles. The van der Waals surface area contributed by atoms with Gasteiger partial charge < -0.3 is 20.8 Å². The highest BCUT2D eigenvalue weighted by molar-refractivity contribution is 6.28. The van der Waals surface area contributed by atoms with Crippen molar-refractivity contribution in [3.63, 3.8) is 0 Å². The molecule has 4 N–H and O–H groups in total. The summed E-state index contributed by atoms with van der Waals surface area (Å²) in [7, 11) is 0. The minimum Gasteiger partial charge on any atom is -0.388 e. The topological polar surface area (TPSA) is 108 Å². The number of nitrogens with zero attached hydrogens (tertiary/aromatic N) is 4. The van der Waals surface area contributed by atoms with Crippen molar-refractivity contribution in [2.24, 2.45) is 0 Å². The van der Waals surface area contributed by atoms with Gasteiger partial charge in [0.15, 0.2) is 0 Å². The van der Waals surface area contributed by atoms with Gasteiger partial charge in [-0.05, 0) is 11.6 Å². The van der Waals surface area contributed by atoms with Crippen LogP contribution in [0.3, 0.4) is 0 Å². The predicted molar refractivity (Wildman–Crippen MR) is 53.5 cm³/mol. The molecule has 0 amide bonds. The Labute approximate surface area is 90.5 Å². The van der Waals surface area contributed by atoms with Crippen molar-refractivity contribution in [1.29, 1.82) is 0 Å². The number of rotatable bonds is 1. The Morgan fingerprint density at radius 3 is 2.33 bits per heavy atom. The molecule has 82 valence electrons. The van der Waals surface area contributed by atoms with Crippen molar-refractivity contribution < 1.29 is 10.2 Å². The Hall–Kier alpha value is -1.18. The summed E-state index contributed by atoms with van der Waals surface area (Å²) < 4.78 is 0. The molecule has 0 radical (unpaired) electrons. The van der Waals surface area contributed by atoms with Crippen LogP contribution < -0.4 is 10.6 Å². The average Bonchev–Trinajstić information content (AvgIpc) is 2.45. The fraction of sp³-hybridized carbons (Fsp3) is 0.571. The molecule has 2 unspecified atom stereocenters. The minimum atomic E-state index is -0.804. The number of aliphatic hydroxyl groups is 2. The van der Waals surface area contributed by atoms with Crippen LogP contribution in [0.25, 0.3) is 0 Å². The summed E-state index contributed by atoms with van der Waals surface area (Å²) in [6.45, 7) is 0.502. The lowest BCUT2D eigenvalue weighted by molar-refractivity contribution is 0.0572. The highest BCUT2D eigenvalue weighted by atomic mass is 35.5. The summed E-state index contributed by atoms with van der Waals surface area (Å²) >= 11 is 5.61. The van der Waals surface area contributed by atoms with Crippen LogP contribution in [0.1, 0.15) is 0 Å². The van der Waals surface area contributed by atoms with Gasteiger partial charge in [-0.15, -0.1) is 0 Å². The maximum atomic E-state index is 9.34. The summed E-state index contributed by atoms with van der Waals surface area (Å²) in [6.07, 6.45) is -1.61. The molecular formula is C7H10ClN5O2. The monoisotopic (exact) mass is 231 g/mol. The third kappa shape index (κ3) is 2.09. The van der Waals surface area contributed by atoms with Crippen molar-refractivity contribution in [2.45, 2.75) is 12.2 Å². The number of anilines is 2. The number of nitrogens with two attached hydrogens (primary N) is 1. The number of aliphatic hydroxyl groups excluding tert-OH is 2. The lowest BCUT2D eigenvalue weighted by atomic mass is 10.3. The molecule has 7 nitrogen and oxygen atoms in total. The van der Waals surface area contributed by atoms with Crippen LogP contribution in [0, 0.1) is 0 Å². The van der Waals surface area contributed by atoms with Gasteiger partial charge in [-0.25, -0.2) is 0 Å². The van der Waals surface area contributed by atoms with E-state index in [-0.39, 0.29) is 30.3 Å². The van der Waals surface area contributed by atoms with E-state index in [2.05, 4.69) is 15.0 Å². The fourth-order valence-electron chi connectivity index (χ4n) is 1.43. The second-order valence-electron chi connectivity index (χ2n) is 3.30. The first-order valence-electron chi connectivity index (χ1n) is 4.34. The standard InChI is InChI=1S/C7H10ClN5O2/c8-5-10-6(9)12-7(11-5)13-1-3(14)4(15)2-13/h3-4,14-15H,1-2H2,(H2,9,10,11,12). The van der Waals surface area contributed by atoms with Gasteiger partial charge in [-0.3, -0.25) is 0 Å². The summed E-state index contributed by atoms with van der Waals surface area (Å²) in [5.74, 6) is 0.281. The lowest BCUT2D eigenvalue weighted by Crippen LogP contribution is -2.24. The zero-order valence-electron chi connectivity index (χ0n) is 7.71. The number of halogens is 1. The molecule has 1 aliphatic rings. The van der Waals surface area contributed by atoms with Crippen LogP contribution in [0.15, 0.2) is 0 Å². The van der Waals surface area contributed by atoms with Crippen LogP contribution in [0.5, 0.6) is 0 Å². The van der Waals surface area contributed by atoms with Gasteiger partial charge in [0.05, 0.1) is 12.2 Å². The fourth-order valence-corrected chi connectivity index (χ4v) is 1.59. The number of hydrogen-bond acceptors (Lipinski definition) is 7. The van der Waals surface area contributed by atoms with Crippen LogP contribution >= 0.6 is 11.6 Å². The number of aromatic nitrogens is 3. The van der Waals surface area contributed by atoms with Crippen molar-refractivity contribution >= 4 is 23.5 Å². The third-order valence-corrected chi connectivity index (χ3v) is 2.32. The third-order valence-electron chi connectivity index (χ3n) is 2.16. The maximum Gasteiger partial charge on any atom is 0.231 e. The second kappa shape index (κ2) is 3.76. The molecule has 0 spiro atoms. The first-order valence-corrected chi connectivity index (χ1v) is 4.72. The number of β-amino-alcohol motifs (C(OH)–C–C–N with tert-alkyl or cyclic N) is 2. The number of nitrogen functional groups attached to an aromatic ring is 1. The van der Waals surface area contributed by atoms with Gasteiger partial charge in [-0.2, -0.15) is 15.0 Å². The zero-order valence-corrected chi connectivity index (χ0v) is 8.46. The van der Waals surface area contributed by atoms with Crippen LogP contribution in [0.2, 0.25) is 5.28 Å². The normalized spacial score (nSPS) is 25.9. The Morgan fingerprint density at radius 2 is 1.80 bits per heavy atom. The van der Waals surface area contributed by atoms with E-state index in [1.165, 1.54) is 0 Å². The summed E-state index contributed by atoms with van der Waals surface area (Å²) in [5.41, 5.74) is 5.40. The molecule has 0 bridgehead atoms. The molecule has 2 rings (SSSR count). The highest BCUT2D eigenvalue weighted by Gasteiger charge is 2.31. The van der Waals surface area contributed by atoms with Gasteiger partial charge in [-0.1, -0.05) is 0 Å². The van der Waals surface area contributed by atoms with E-state index in [0.717, 1.165) is 0 Å². The molecule has 1 aromatic rings. The largest absolute Gasteiger partial charge is 0.388 e. The van der Waals surface area contributed by atoms with E-state index in [1.807, 2.05) is 0 Å². The molecule has 1 aliphatic heterocycles. The first kappa shape index (κ1) is 10.3. The van der Waals surface area contributed by atoms with Gasteiger partial charge in [0, 0.05) is 13.1 Å². The Kier molecular flexibility index (Phi) is 2.59. The smallest absolute Gasteiger partial charge is 0.231 e. The summed E-state index contributed by atoms with van der Waals surface area (Å²) in [6, 6.07) is 0. The molecule has 1 saturated heterocycles. The molecule has 15 heavy (non-hydrogen) atoms. The average molecular weight is 232 g/mol. The quantitative estimate of drug-likeness (QED) is 0.548. The Bertz CT molecular complexity index is 346. The van der Waals surface area contributed by atoms with E-state index in [0.29, 0.717) is 0 Å². The summed E-state index contributed by atoms with van der Waals surface area (Å²) in [4.78, 5) is 12.9. The van der Waals surface area contributed by atoms with Gasteiger partial charge in [0.2, 0.25) is 17.2 Å². The van der Waals surface area contributed by atoms with E-state index in [4.69, 9.17) is 17.3 Å². The lowest BCUT2D eigenvalue weighted by Gasteiger charge is -2.14. The Morgan fingerprint density at radius 1 is 1.20 bits per heavy atom. The molecule has 2 heterocycles. The highest BCUT2D eigenvalue weighted by Crippen LogP contribution is 2.18. The molecule has 1 aromatic heterocycles. The van der Waals surface area contributed by atoms with Gasteiger partial charge in [0.25, 0.3) is 0 Å². The molecule has 8 heteroatoms. The summed E-state index contributed by atoms with van der Waals surface area (Å²) in [5, 5.41) is 18.7.